The van der Waals surface area contributed by atoms with Crippen LogP contribution < -0.4 is 10.5 Å². The van der Waals surface area contributed by atoms with Crippen LogP contribution in [-0.4, -0.2) is 38.9 Å². The van der Waals surface area contributed by atoms with E-state index in [2.05, 4.69) is 4.72 Å². The van der Waals surface area contributed by atoms with Gasteiger partial charge in [-0.3, -0.25) is 9.52 Å². The van der Waals surface area contributed by atoms with Gasteiger partial charge in [0.15, 0.2) is 0 Å². The van der Waals surface area contributed by atoms with Crippen LogP contribution in [0.1, 0.15) is 22.8 Å². The molecule has 0 radical (unpaired) electrons. The van der Waals surface area contributed by atoms with Gasteiger partial charge in [0.2, 0.25) is 0 Å². The lowest BCUT2D eigenvalue weighted by Gasteiger charge is -2.24. The first-order chi connectivity index (χ1) is 12.2. The molecule has 0 aromatic heterocycles. The van der Waals surface area contributed by atoms with Crippen molar-refractivity contribution in [2.24, 2.45) is 5.73 Å². The number of hydrogen-bond acceptors (Lipinski definition) is 4. The van der Waals surface area contributed by atoms with Crippen molar-refractivity contribution in [3.8, 4) is 0 Å². The fraction of sp³-hybridized carbons (Fsp3) is 0.278. The third-order valence-corrected chi connectivity index (χ3v) is 5.88. The molecule has 3 N–H and O–H groups in total. The first-order valence-electron chi connectivity index (χ1n) is 8.02. The minimum absolute atomic E-state index is 0. The van der Waals surface area contributed by atoms with E-state index >= 15 is 0 Å². The molecular weight excluding hydrogens is 409 g/mol. The SMILES string of the molecule is Cc1ccc(C(=O)N(C)C(C)CN)cc1S(=O)(=O)Nc1cccc(Cl)c1.Cl. The summed E-state index contributed by atoms with van der Waals surface area (Å²) < 4.78 is 28.0. The molecule has 0 bridgehead atoms. The number of nitrogens with two attached hydrogens (primary N) is 1. The molecule has 0 aliphatic heterocycles. The molecule has 0 saturated carbocycles. The summed E-state index contributed by atoms with van der Waals surface area (Å²) in [6.45, 7) is 3.81. The van der Waals surface area contributed by atoms with Crippen LogP contribution in [0.15, 0.2) is 47.4 Å². The van der Waals surface area contributed by atoms with Gasteiger partial charge >= 0.3 is 0 Å². The van der Waals surface area contributed by atoms with Crippen molar-refractivity contribution in [3.63, 3.8) is 0 Å². The molecule has 6 nitrogen and oxygen atoms in total. The number of anilines is 1. The summed E-state index contributed by atoms with van der Waals surface area (Å²) >= 11 is 5.90. The minimum atomic E-state index is -3.87. The zero-order chi connectivity index (χ0) is 19.5. The second-order valence-corrected chi connectivity index (χ2v) is 8.18. The van der Waals surface area contributed by atoms with Gasteiger partial charge in [0.1, 0.15) is 0 Å². The molecule has 148 valence electrons. The van der Waals surface area contributed by atoms with Gasteiger partial charge in [-0.05, 0) is 49.7 Å². The van der Waals surface area contributed by atoms with Gasteiger partial charge in [-0.2, -0.15) is 0 Å². The zero-order valence-corrected chi connectivity index (χ0v) is 17.7. The quantitative estimate of drug-likeness (QED) is 0.733. The Balaban J connectivity index is 0.00000364. The molecule has 0 aliphatic carbocycles. The standard InChI is InChI=1S/C18H22ClN3O3S.ClH/c1-12-7-8-14(18(23)22(3)13(2)11-20)9-17(12)26(24,25)21-16-6-4-5-15(19)10-16;/h4-10,13,21H,11,20H2,1-3H3;1H. The summed E-state index contributed by atoms with van der Waals surface area (Å²) in [6.07, 6.45) is 0. The lowest BCUT2D eigenvalue weighted by atomic mass is 10.1. The van der Waals surface area contributed by atoms with E-state index in [-0.39, 0.29) is 34.8 Å². The van der Waals surface area contributed by atoms with Crippen molar-refractivity contribution >= 4 is 45.6 Å². The number of amides is 1. The highest BCUT2D eigenvalue weighted by molar-refractivity contribution is 7.92. The maximum absolute atomic E-state index is 12.8. The Morgan fingerprint density at radius 2 is 1.93 bits per heavy atom. The summed E-state index contributed by atoms with van der Waals surface area (Å²) in [5.41, 5.74) is 6.76. The van der Waals surface area contributed by atoms with Gasteiger partial charge in [-0.1, -0.05) is 23.7 Å². The van der Waals surface area contributed by atoms with E-state index in [1.807, 2.05) is 6.92 Å². The van der Waals surface area contributed by atoms with Gasteiger partial charge in [0, 0.05) is 30.2 Å². The van der Waals surface area contributed by atoms with E-state index in [4.69, 9.17) is 17.3 Å². The predicted octanol–water partition coefficient (Wildman–Crippen LogP) is 3.29. The molecule has 0 heterocycles. The second kappa shape index (κ2) is 9.41. The van der Waals surface area contributed by atoms with Crippen LogP contribution >= 0.6 is 24.0 Å². The molecule has 2 aromatic rings. The number of benzene rings is 2. The number of halogens is 2. The second-order valence-electron chi connectivity index (χ2n) is 6.10. The van der Waals surface area contributed by atoms with Crippen LogP contribution in [0, 0.1) is 6.92 Å². The van der Waals surface area contributed by atoms with Gasteiger partial charge in [0.05, 0.1) is 10.6 Å². The lowest BCUT2D eigenvalue weighted by molar-refractivity contribution is 0.0748. The van der Waals surface area contributed by atoms with E-state index in [0.717, 1.165) is 0 Å². The predicted molar refractivity (Wildman–Crippen MR) is 111 cm³/mol. The van der Waals surface area contributed by atoms with Gasteiger partial charge in [0.25, 0.3) is 15.9 Å². The fourth-order valence-corrected chi connectivity index (χ4v) is 3.86. The highest BCUT2D eigenvalue weighted by Gasteiger charge is 2.22. The summed E-state index contributed by atoms with van der Waals surface area (Å²) in [7, 11) is -2.24. The Bertz CT molecular complexity index is 920. The molecule has 0 spiro atoms. The summed E-state index contributed by atoms with van der Waals surface area (Å²) in [5, 5.41) is 0.420. The average Bonchev–Trinajstić information content (AvgIpc) is 2.59. The van der Waals surface area contributed by atoms with Gasteiger partial charge < -0.3 is 10.6 Å². The van der Waals surface area contributed by atoms with Crippen LogP contribution in [0.2, 0.25) is 5.02 Å². The molecule has 2 rings (SSSR count). The third kappa shape index (κ3) is 5.59. The topological polar surface area (TPSA) is 92.5 Å². The Morgan fingerprint density at radius 1 is 1.26 bits per heavy atom. The normalized spacial score (nSPS) is 12.0. The molecule has 2 aromatic carbocycles. The number of nitrogens with zero attached hydrogens (tertiary/aromatic N) is 1. The maximum atomic E-state index is 12.8. The molecule has 1 atom stereocenters. The van der Waals surface area contributed by atoms with E-state index in [0.29, 0.717) is 22.8 Å². The monoisotopic (exact) mass is 431 g/mol. The van der Waals surface area contributed by atoms with Gasteiger partial charge in [-0.25, -0.2) is 8.42 Å². The molecule has 9 heteroatoms. The third-order valence-electron chi connectivity index (χ3n) is 4.12. The highest BCUT2D eigenvalue weighted by atomic mass is 35.5. The van der Waals surface area contributed by atoms with E-state index in [1.165, 1.54) is 17.0 Å². The molecule has 1 amide bonds. The van der Waals surface area contributed by atoms with Crippen LogP contribution in [0.25, 0.3) is 0 Å². The molecular formula is C18H23Cl2N3O3S. The Kier molecular flexibility index (Phi) is 8.10. The van der Waals surface area contributed by atoms with E-state index in [9.17, 15) is 13.2 Å². The Hall–Kier alpha value is -1.80. The molecule has 0 fully saturated rings. The van der Waals surface area contributed by atoms with Crippen molar-refractivity contribution in [2.75, 3.05) is 18.3 Å². The van der Waals surface area contributed by atoms with Crippen molar-refractivity contribution in [1.29, 1.82) is 0 Å². The first kappa shape index (κ1) is 23.2. The minimum Gasteiger partial charge on any atom is -0.338 e. The maximum Gasteiger partial charge on any atom is 0.262 e. The fourth-order valence-electron chi connectivity index (χ4n) is 2.35. The van der Waals surface area contributed by atoms with E-state index < -0.39 is 10.0 Å². The number of nitrogens with one attached hydrogen (secondary N) is 1. The molecule has 0 saturated heterocycles. The zero-order valence-electron chi connectivity index (χ0n) is 15.3. The number of rotatable bonds is 6. The molecule has 1 unspecified atom stereocenters. The van der Waals surface area contributed by atoms with Crippen LogP contribution in [-0.2, 0) is 10.0 Å². The van der Waals surface area contributed by atoms with Crippen LogP contribution in [0.4, 0.5) is 5.69 Å². The van der Waals surface area contributed by atoms with Crippen LogP contribution in [0.3, 0.4) is 0 Å². The number of aryl methyl sites for hydroxylation is 1. The summed E-state index contributed by atoms with van der Waals surface area (Å²) in [4.78, 5) is 14.1. The number of hydrogen-bond donors (Lipinski definition) is 2. The van der Waals surface area contributed by atoms with Crippen molar-refractivity contribution in [1.82, 2.24) is 4.90 Å². The largest absolute Gasteiger partial charge is 0.338 e. The van der Waals surface area contributed by atoms with E-state index in [1.54, 1.807) is 44.3 Å². The highest BCUT2D eigenvalue weighted by Crippen LogP contribution is 2.23. The van der Waals surface area contributed by atoms with Gasteiger partial charge in [-0.15, -0.1) is 12.4 Å². The molecule has 0 aliphatic rings. The Morgan fingerprint density at radius 3 is 2.52 bits per heavy atom. The van der Waals surface area contributed by atoms with Crippen molar-refractivity contribution in [2.45, 2.75) is 24.8 Å². The smallest absolute Gasteiger partial charge is 0.262 e. The number of carbonyl (C=O) groups excluding carboxylic acids is 1. The Labute approximate surface area is 171 Å². The average molecular weight is 432 g/mol. The van der Waals surface area contributed by atoms with Crippen molar-refractivity contribution in [3.05, 3.63) is 58.6 Å². The number of carbonyl (C=O) groups is 1. The first-order valence-corrected chi connectivity index (χ1v) is 9.88. The number of sulfonamides is 1. The molecule has 27 heavy (non-hydrogen) atoms. The van der Waals surface area contributed by atoms with Crippen molar-refractivity contribution < 1.29 is 13.2 Å². The summed E-state index contributed by atoms with van der Waals surface area (Å²) in [5.74, 6) is -0.290. The summed E-state index contributed by atoms with van der Waals surface area (Å²) in [6, 6.07) is 10.9. The number of likely N-dealkylation sites (N-methyl/N-ethyl adjacent to an activating group) is 1. The van der Waals surface area contributed by atoms with Crippen LogP contribution in [0.5, 0.6) is 0 Å². The lowest BCUT2D eigenvalue weighted by Crippen LogP contribution is -2.39.